The lowest BCUT2D eigenvalue weighted by molar-refractivity contribution is -0.139. The van der Waals surface area contributed by atoms with Gasteiger partial charge in [0.25, 0.3) is 0 Å². The summed E-state index contributed by atoms with van der Waals surface area (Å²) in [5.74, 6) is -0.419. The number of nitrogens with one attached hydrogen (secondary N) is 1. The number of hydrogen-bond acceptors (Lipinski definition) is 4. The maximum Gasteiger partial charge on any atom is 0.372 e. The molecule has 1 N–H and O–H groups in total. The number of hydrogen-bond donors (Lipinski definition) is 1. The molecule has 1 aromatic heterocycles. The molecular weight excluding hydrogens is 359 g/mol. The van der Waals surface area contributed by atoms with Crippen molar-refractivity contribution in [3.8, 4) is 0 Å². The number of fused-ring (bicyclic) bond motifs is 5. The van der Waals surface area contributed by atoms with Crippen LogP contribution in [-0.4, -0.2) is 43.2 Å². The van der Waals surface area contributed by atoms with Crippen molar-refractivity contribution in [2.24, 2.45) is 5.41 Å². The molecule has 2 aliphatic heterocycles. The van der Waals surface area contributed by atoms with E-state index in [9.17, 15) is 9.18 Å². The lowest BCUT2D eigenvalue weighted by Crippen LogP contribution is -2.48. The molecule has 150 valence electrons. The molecule has 0 radical (unpaired) electrons. The molecule has 1 fully saturated rings. The van der Waals surface area contributed by atoms with Crippen LogP contribution >= 0.6 is 0 Å². The molecule has 3 heterocycles. The molecule has 2 atom stereocenters. The van der Waals surface area contributed by atoms with Crippen LogP contribution in [0, 0.1) is 11.2 Å². The van der Waals surface area contributed by atoms with Crippen molar-refractivity contribution in [2.45, 2.75) is 38.6 Å². The lowest BCUT2D eigenvalue weighted by atomic mass is 9.67. The van der Waals surface area contributed by atoms with Gasteiger partial charge in [0.2, 0.25) is 5.76 Å². The third-order valence-electron chi connectivity index (χ3n) is 6.50. The topological polar surface area (TPSA) is 54.6 Å². The first-order valence-corrected chi connectivity index (χ1v) is 9.92. The van der Waals surface area contributed by atoms with Crippen LogP contribution < -0.4 is 0 Å². The Kier molecular flexibility index (Phi) is 4.91. The third kappa shape index (κ3) is 2.91. The fourth-order valence-corrected chi connectivity index (χ4v) is 5.14. The number of halogens is 1. The highest BCUT2D eigenvalue weighted by Crippen LogP contribution is 2.52. The number of ether oxygens (including phenoxy) is 2. The summed E-state index contributed by atoms with van der Waals surface area (Å²) in [5, 5.41) is 0.967. The van der Waals surface area contributed by atoms with Crippen LogP contribution in [0.5, 0.6) is 0 Å². The first-order valence-electron chi connectivity index (χ1n) is 9.92. The summed E-state index contributed by atoms with van der Waals surface area (Å²) in [4.78, 5) is 18.2. The number of carbonyl (C=O) groups excluding carboxylic acids is 1. The van der Waals surface area contributed by atoms with Gasteiger partial charge in [-0.1, -0.05) is 6.92 Å². The van der Waals surface area contributed by atoms with Gasteiger partial charge in [-0.05, 0) is 62.1 Å². The SMILES string of the molecule is CC[C@@]1(C=C(OC)C(=O)OC)CCCN2CCc3c([nH]c4ccc(F)cc34)C21. The first-order chi connectivity index (χ1) is 13.5. The maximum atomic E-state index is 13.9. The Labute approximate surface area is 164 Å². The molecule has 1 saturated heterocycles. The normalized spacial score (nSPS) is 25.3. The van der Waals surface area contributed by atoms with Gasteiger partial charge in [0.15, 0.2) is 0 Å². The van der Waals surface area contributed by atoms with Gasteiger partial charge < -0.3 is 14.5 Å². The average Bonchev–Trinajstić information content (AvgIpc) is 3.09. The van der Waals surface area contributed by atoms with Crippen molar-refractivity contribution in [3.05, 3.63) is 47.1 Å². The predicted molar refractivity (Wildman–Crippen MR) is 105 cm³/mol. The number of aromatic amines is 1. The van der Waals surface area contributed by atoms with E-state index in [2.05, 4.69) is 16.8 Å². The fraction of sp³-hybridized carbons (Fsp3) is 0.500. The molecule has 2 aromatic rings. The van der Waals surface area contributed by atoms with Crippen LogP contribution in [0.1, 0.15) is 43.5 Å². The van der Waals surface area contributed by atoms with Gasteiger partial charge in [0.1, 0.15) is 5.82 Å². The highest BCUT2D eigenvalue weighted by molar-refractivity contribution is 5.87. The zero-order valence-corrected chi connectivity index (χ0v) is 16.7. The zero-order chi connectivity index (χ0) is 19.9. The third-order valence-corrected chi connectivity index (χ3v) is 6.50. The minimum Gasteiger partial charge on any atom is -0.490 e. The molecule has 0 spiro atoms. The van der Waals surface area contributed by atoms with E-state index in [0.717, 1.165) is 55.4 Å². The lowest BCUT2D eigenvalue weighted by Gasteiger charge is -2.50. The molecule has 0 bridgehead atoms. The summed E-state index contributed by atoms with van der Waals surface area (Å²) in [7, 11) is 2.87. The Morgan fingerprint density at radius 2 is 2.18 bits per heavy atom. The number of H-pyrrole nitrogens is 1. The van der Waals surface area contributed by atoms with Gasteiger partial charge in [-0.2, -0.15) is 0 Å². The fourth-order valence-electron chi connectivity index (χ4n) is 5.14. The van der Waals surface area contributed by atoms with Crippen LogP contribution in [0.15, 0.2) is 30.0 Å². The van der Waals surface area contributed by atoms with E-state index >= 15 is 0 Å². The van der Waals surface area contributed by atoms with Gasteiger partial charge in [-0.25, -0.2) is 9.18 Å². The zero-order valence-electron chi connectivity index (χ0n) is 16.7. The number of rotatable bonds is 4. The van der Waals surface area contributed by atoms with E-state index in [1.54, 1.807) is 6.07 Å². The van der Waals surface area contributed by atoms with E-state index in [4.69, 9.17) is 9.47 Å². The van der Waals surface area contributed by atoms with Crippen molar-refractivity contribution in [3.63, 3.8) is 0 Å². The second kappa shape index (κ2) is 7.24. The summed E-state index contributed by atoms with van der Waals surface area (Å²) < 4.78 is 24.2. The molecular formula is C22H27FN2O3. The largest absolute Gasteiger partial charge is 0.490 e. The van der Waals surface area contributed by atoms with Gasteiger partial charge >= 0.3 is 5.97 Å². The summed E-state index contributed by atoms with van der Waals surface area (Å²) >= 11 is 0. The molecule has 0 aliphatic carbocycles. The second-order valence-electron chi connectivity index (χ2n) is 7.79. The van der Waals surface area contributed by atoms with E-state index in [1.807, 2.05) is 12.1 Å². The van der Waals surface area contributed by atoms with Crippen LogP contribution in [0.4, 0.5) is 4.39 Å². The van der Waals surface area contributed by atoms with Gasteiger partial charge in [0, 0.05) is 28.6 Å². The number of benzene rings is 1. The Balaban J connectivity index is 1.88. The minimum atomic E-state index is -0.456. The van der Waals surface area contributed by atoms with Crippen molar-refractivity contribution in [1.29, 1.82) is 0 Å². The van der Waals surface area contributed by atoms with Crippen LogP contribution in [0.2, 0.25) is 0 Å². The van der Waals surface area contributed by atoms with Gasteiger partial charge in [-0.15, -0.1) is 0 Å². The van der Waals surface area contributed by atoms with Gasteiger partial charge in [-0.3, -0.25) is 4.90 Å². The smallest absolute Gasteiger partial charge is 0.372 e. The summed E-state index contributed by atoms with van der Waals surface area (Å²) in [6, 6.07) is 5.03. The molecule has 6 heteroatoms. The Hall–Kier alpha value is -2.34. The second-order valence-corrected chi connectivity index (χ2v) is 7.79. The molecule has 1 unspecified atom stereocenters. The molecule has 4 rings (SSSR count). The molecule has 0 amide bonds. The van der Waals surface area contributed by atoms with Crippen molar-refractivity contribution in [1.82, 2.24) is 9.88 Å². The number of esters is 1. The van der Waals surface area contributed by atoms with Crippen LogP contribution in [-0.2, 0) is 20.7 Å². The van der Waals surface area contributed by atoms with E-state index < -0.39 is 5.97 Å². The van der Waals surface area contributed by atoms with E-state index in [1.165, 1.54) is 25.8 Å². The average molecular weight is 386 g/mol. The Morgan fingerprint density at radius 1 is 1.36 bits per heavy atom. The van der Waals surface area contributed by atoms with Crippen molar-refractivity contribution in [2.75, 3.05) is 27.3 Å². The Morgan fingerprint density at radius 3 is 2.89 bits per heavy atom. The summed E-state index contributed by atoms with van der Waals surface area (Å²) in [5.41, 5.74) is 3.05. The van der Waals surface area contributed by atoms with E-state index in [0.29, 0.717) is 0 Å². The number of methoxy groups -OCH3 is 2. The maximum absolute atomic E-state index is 13.9. The Bertz CT molecular complexity index is 935. The van der Waals surface area contributed by atoms with Crippen molar-refractivity contribution >= 4 is 16.9 Å². The van der Waals surface area contributed by atoms with Crippen LogP contribution in [0.3, 0.4) is 0 Å². The quantitative estimate of drug-likeness (QED) is 0.488. The number of carbonyl (C=O) groups is 1. The highest BCUT2D eigenvalue weighted by atomic mass is 19.1. The predicted octanol–water partition coefficient (Wildman–Crippen LogP) is 4.10. The monoisotopic (exact) mass is 386 g/mol. The first kappa shape index (κ1) is 19.0. The number of nitrogens with zero attached hydrogens (tertiary/aromatic N) is 1. The van der Waals surface area contributed by atoms with Crippen LogP contribution in [0.25, 0.3) is 10.9 Å². The van der Waals surface area contributed by atoms with E-state index in [-0.39, 0.29) is 23.0 Å². The number of piperidine rings is 1. The molecule has 5 nitrogen and oxygen atoms in total. The van der Waals surface area contributed by atoms with Gasteiger partial charge in [0.05, 0.1) is 20.3 Å². The van der Waals surface area contributed by atoms with Crippen molar-refractivity contribution < 1.29 is 18.7 Å². The molecule has 1 aromatic carbocycles. The number of aromatic nitrogens is 1. The molecule has 0 saturated carbocycles. The molecule has 28 heavy (non-hydrogen) atoms. The standard InChI is InChI=1S/C22H27FN2O3/c1-4-22(13-18(27-2)21(26)28-3)9-5-10-25-11-8-15-16-12-14(23)6-7-17(16)24-19(15)20(22)25/h6-7,12-13,20,24H,4-5,8-11H2,1-3H3/t20?,22-/m0/s1. The molecule has 2 aliphatic rings. The highest BCUT2D eigenvalue weighted by Gasteiger charge is 2.47. The summed E-state index contributed by atoms with van der Waals surface area (Å²) in [6.07, 6.45) is 5.74. The summed E-state index contributed by atoms with van der Waals surface area (Å²) in [6.45, 7) is 4.10. The minimum absolute atomic E-state index is 0.0975.